The van der Waals surface area contributed by atoms with E-state index in [1.165, 1.54) is 0 Å². The van der Waals surface area contributed by atoms with Gasteiger partial charge in [-0.3, -0.25) is 14.6 Å². The van der Waals surface area contributed by atoms with Crippen LogP contribution in [0.4, 0.5) is 0 Å². The Balaban J connectivity index is 1.62. The van der Waals surface area contributed by atoms with Gasteiger partial charge in [0.25, 0.3) is 5.91 Å². The molecule has 6 heteroatoms. The van der Waals surface area contributed by atoms with Crippen molar-refractivity contribution in [1.29, 1.82) is 0 Å². The lowest BCUT2D eigenvalue weighted by atomic mass is 10.0. The Hall–Kier alpha value is -2.89. The molecule has 142 valence electrons. The fourth-order valence-electron chi connectivity index (χ4n) is 3.57. The van der Waals surface area contributed by atoms with Crippen LogP contribution in [0.25, 0.3) is 0 Å². The summed E-state index contributed by atoms with van der Waals surface area (Å²) >= 11 is 0. The number of methoxy groups -OCH3 is 1. The van der Waals surface area contributed by atoms with Gasteiger partial charge >= 0.3 is 0 Å². The van der Waals surface area contributed by atoms with Crippen LogP contribution in [0.15, 0.2) is 36.7 Å². The SMILES string of the molecule is COc1c(C)cc(C)cc1CC(=O)N1CCN(C(=O)c2cccnc2)CC1. The molecule has 1 fully saturated rings. The number of amides is 2. The first-order valence-electron chi connectivity index (χ1n) is 9.10. The minimum atomic E-state index is -0.0359. The zero-order chi connectivity index (χ0) is 19.4. The van der Waals surface area contributed by atoms with Crippen LogP contribution < -0.4 is 4.74 Å². The van der Waals surface area contributed by atoms with E-state index in [1.807, 2.05) is 24.8 Å². The van der Waals surface area contributed by atoms with E-state index in [0.717, 1.165) is 22.4 Å². The second-order valence-corrected chi connectivity index (χ2v) is 6.87. The topological polar surface area (TPSA) is 62.7 Å². The zero-order valence-corrected chi connectivity index (χ0v) is 16.1. The maximum absolute atomic E-state index is 12.8. The number of aryl methyl sites for hydroxylation is 2. The maximum atomic E-state index is 12.8. The van der Waals surface area contributed by atoms with Crippen LogP contribution >= 0.6 is 0 Å². The Morgan fingerprint density at radius 2 is 1.81 bits per heavy atom. The van der Waals surface area contributed by atoms with Crippen molar-refractivity contribution in [2.24, 2.45) is 0 Å². The van der Waals surface area contributed by atoms with E-state index in [4.69, 9.17) is 4.74 Å². The van der Waals surface area contributed by atoms with Crippen molar-refractivity contribution in [3.05, 3.63) is 58.9 Å². The van der Waals surface area contributed by atoms with Crippen molar-refractivity contribution >= 4 is 11.8 Å². The molecule has 6 nitrogen and oxygen atoms in total. The highest BCUT2D eigenvalue weighted by molar-refractivity contribution is 5.94. The van der Waals surface area contributed by atoms with Crippen LogP contribution in [-0.4, -0.2) is 59.9 Å². The van der Waals surface area contributed by atoms with Crippen molar-refractivity contribution in [2.45, 2.75) is 20.3 Å². The van der Waals surface area contributed by atoms with Gasteiger partial charge in [0.05, 0.1) is 19.1 Å². The Bertz CT molecular complexity index is 828. The largest absolute Gasteiger partial charge is 0.496 e. The maximum Gasteiger partial charge on any atom is 0.255 e. The summed E-state index contributed by atoms with van der Waals surface area (Å²) in [5, 5.41) is 0. The molecule has 0 aliphatic carbocycles. The molecule has 3 rings (SSSR count). The zero-order valence-electron chi connectivity index (χ0n) is 16.1. The number of nitrogens with zero attached hydrogens (tertiary/aromatic N) is 3. The average molecular weight is 367 g/mol. The third kappa shape index (κ3) is 4.27. The van der Waals surface area contributed by atoms with Crippen LogP contribution in [0.5, 0.6) is 5.75 Å². The van der Waals surface area contributed by atoms with Gasteiger partial charge in [-0.2, -0.15) is 0 Å². The van der Waals surface area contributed by atoms with Gasteiger partial charge in [0.15, 0.2) is 0 Å². The predicted octanol–water partition coefficient (Wildman–Crippen LogP) is 2.23. The third-order valence-electron chi connectivity index (χ3n) is 4.87. The Kier molecular flexibility index (Phi) is 5.74. The third-order valence-corrected chi connectivity index (χ3v) is 4.87. The number of aromatic nitrogens is 1. The molecule has 0 bridgehead atoms. The van der Waals surface area contributed by atoms with Gasteiger partial charge in [0, 0.05) is 44.1 Å². The monoisotopic (exact) mass is 367 g/mol. The van der Waals surface area contributed by atoms with Crippen molar-refractivity contribution < 1.29 is 14.3 Å². The molecule has 0 N–H and O–H groups in total. The highest BCUT2D eigenvalue weighted by Gasteiger charge is 2.25. The average Bonchev–Trinajstić information content (AvgIpc) is 2.68. The number of carbonyl (C=O) groups is 2. The summed E-state index contributed by atoms with van der Waals surface area (Å²) in [6, 6.07) is 7.57. The summed E-state index contributed by atoms with van der Waals surface area (Å²) in [7, 11) is 1.63. The Morgan fingerprint density at radius 1 is 1.11 bits per heavy atom. The molecule has 0 radical (unpaired) electrons. The number of piperazine rings is 1. The summed E-state index contributed by atoms with van der Waals surface area (Å²) in [6.45, 7) is 6.15. The summed E-state index contributed by atoms with van der Waals surface area (Å²) in [6.07, 6.45) is 3.53. The molecule has 0 saturated carbocycles. The van der Waals surface area contributed by atoms with Gasteiger partial charge in [-0.25, -0.2) is 0 Å². The molecule has 27 heavy (non-hydrogen) atoms. The standard InChI is InChI=1S/C21H25N3O3/c1-15-11-16(2)20(27-3)18(12-15)13-19(25)23-7-9-24(10-8-23)21(26)17-5-4-6-22-14-17/h4-6,11-12,14H,7-10,13H2,1-3H3. The van der Waals surface area contributed by atoms with Crippen molar-refractivity contribution in [3.63, 3.8) is 0 Å². The number of hydrogen-bond donors (Lipinski definition) is 0. The van der Waals surface area contributed by atoms with Crippen LogP contribution in [0.1, 0.15) is 27.0 Å². The normalized spacial score (nSPS) is 14.2. The van der Waals surface area contributed by atoms with Gasteiger partial charge in [-0.15, -0.1) is 0 Å². The molecule has 1 aromatic heterocycles. The molecular formula is C21H25N3O3. The molecule has 2 heterocycles. The van der Waals surface area contributed by atoms with E-state index in [-0.39, 0.29) is 11.8 Å². The van der Waals surface area contributed by atoms with Crippen LogP contribution in [0.2, 0.25) is 0 Å². The number of rotatable bonds is 4. The lowest BCUT2D eigenvalue weighted by Crippen LogP contribution is -2.51. The van der Waals surface area contributed by atoms with Crippen molar-refractivity contribution in [3.8, 4) is 5.75 Å². The van der Waals surface area contributed by atoms with Crippen molar-refractivity contribution in [2.75, 3.05) is 33.3 Å². The lowest BCUT2D eigenvalue weighted by Gasteiger charge is -2.35. The molecular weight excluding hydrogens is 342 g/mol. The van der Waals surface area contributed by atoms with Gasteiger partial charge in [0.2, 0.25) is 5.91 Å². The Labute approximate surface area is 159 Å². The first-order chi connectivity index (χ1) is 13.0. The summed E-state index contributed by atoms with van der Waals surface area (Å²) in [4.78, 5) is 32.9. The minimum Gasteiger partial charge on any atom is -0.496 e. The summed E-state index contributed by atoms with van der Waals surface area (Å²) in [5.74, 6) is 0.803. The predicted molar refractivity (Wildman–Crippen MR) is 103 cm³/mol. The fraction of sp³-hybridized carbons (Fsp3) is 0.381. The van der Waals surface area contributed by atoms with Crippen LogP contribution in [-0.2, 0) is 11.2 Å². The van der Waals surface area contributed by atoms with E-state index in [9.17, 15) is 9.59 Å². The second-order valence-electron chi connectivity index (χ2n) is 6.87. The number of ether oxygens (including phenoxy) is 1. The fourth-order valence-corrected chi connectivity index (χ4v) is 3.57. The van der Waals surface area contributed by atoms with Crippen molar-refractivity contribution in [1.82, 2.24) is 14.8 Å². The molecule has 1 aliphatic heterocycles. The number of pyridine rings is 1. The molecule has 0 unspecified atom stereocenters. The number of carbonyl (C=O) groups excluding carboxylic acids is 2. The van der Waals surface area contributed by atoms with Gasteiger partial charge < -0.3 is 14.5 Å². The van der Waals surface area contributed by atoms with Crippen LogP contribution in [0, 0.1) is 13.8 Å². The summed E-state index contributed by atoms with van der Waals surface area (Å²) in [5.41, 5.74) is 3.64. The van der Waals surface area contributed by atoms with Gasteiger partial charge in [0.1, 0.15) is 5.75 Å². The minimum absolute atomic E-state index is 0.0359. The first kappa shape index (κ1) is 18.9. The van der Waals surface area contributed by atoms with E-state index >= 15 is 0 Å². The van der Waals surface area contributed by atoms with Gasteiger partial charge in [-0.05, 0) is 31.5 Å². The smallest absolute Gasteiger partial charge is 0.255 e. The van der Waals surface area contributed by atoms with E-state index in [2.05, 4.69) is 11.1 Å². The quantitative estimate of drug-likeness (QED) is 0.831. The molecule has 1 aromatic carbocycles. The molecule has 2 aromatic rings. The highest BCUT2D eigenvalue weighted by Crippen LogP contribution is 2.26. The Morgan fingerprint density at radius 3 is 2.44 bits per heavy atom. The highest BCUT2D eigenvalue weighted by atomic mass is 16.5. The number of benzene rings is 1. The van der Waals surface area contributed by atoms with E-state index in [1.54, 1.807) is 36.5 Å². The summed E-state index contributed by atoms with van der Waals surface area (Å²) < 4.78 is 5.49. The molecule has 2 amide bonds. The van der Waals surface area contributed by atoms with Crippen LogP contribution in [0.3, 0.4) is 0 Å². The second kappa shape index (κ2) is 8.20. The van der Waals surface area contributed by atoms with Gasteiger partial charge in [-0.1, -0.05) is 17.7 Å². The lowest BCUT2D eigenvalue weighted by molar-refractivity contribution is -0.131. The molecule has 0 spiro atoms. The van der Waals surface area contributed by atoms with E-state index < -0.39 is 0 Å². The first-order valence-corrected chi connectivity index (χ1v) is 9.10. The van der Waals surface area contributed by atoms with E-state index in [0.29, 0.717) is 38.2 Å². The molecule has 0 atom stereocenters. The molecule has 1 aliphatic rings. The molecule has 1 saturated heterocycles. The number of hydrogen-bond acceptors (Lipinski definition) is 4.